The molecule has 0 heterocycles. The number of hydrogen-bond acceptors (Lipinski definition) is 8. The highest BCUT2D eigenvalue weighted by atomic mass is 17.2. The van der Waals surface area contributed by atoms with E-state index in [4.69, 9.17) is 19.6 Å². The van der Waals surface area contributed by atoms with E-state index in [-0.39, 0.29) is 11.2 Å². The fourth-order valence-corrected chi connectivity index (χ4v) is 2.12. The van der Waals surface area contributed by atoms with E-state index >= 15 is 0 Å². The van der Waals surface area contributed by atoms with Crippen LogP contribution in [0.3, 0.4) is 0 Å². The van der Waals surface area contributed by atoms with Crippen molar-refractivity contribution < 1.29 is 38.9 Å². The summed E-state index contributed by atoms with van der Waals surface area (Å²) in [6, 6.07) is 16.6. The molecular formula is C30H40O8. The minimum atomic E-state index is -0.727. The van der Waals surface area contributed by atoms with Crippen molar-refractivity contribution in [2.75, 3.05) is 0 Å². The zero-order valence-electron chi connectivity index (χ0n) is 24.0. The van der Waals surface area contributed by atoms with E-state index in [1.54, 1.807) is 60.7 Å². The molecule has 0 atom stereocenters. The third-order valence-corrected chi connectivity index (χ3v) is 3.88. The molecule has 0 radical (unpaired) electrons. The van der Waals surface area contributed by atoms with Crippen molar-refractivity contribution >= 4 is 11.9 Å². The standard InChI is InChI=1S/C16H30O4.C14H10O4/c1-13(2,3)17-19-15(7,8)11-12-16(9,10)20-18-14(4,5)6;15-13(11-7-3-1-4-8-11)17-18-14(16)12-9-5-2-6-10-12/h1-10H3;1-10H. The Balaban J connectivity index is 0.000000381. The Hall–Kier alpha value is -3.22. The largest absolute Gasteiger partial charge is 0.386 e. The monoisotopic (exact) mass is 528 g/mol. The fraction of sp³-hybridized carbons (Fsp3) is 0.467. The molecule has 0 aliphatic rings. The van der Waals surface area contributed by atoms with E-state index in [0.29, 0.717) is 11.1 Å². The Morgan fingerprint density at radius 2 is 0.789 bits per heavy atom. The molecule has 2 aromatic carbocycles. The first-order valence-electron chi connectivity index (χ1n) is 12.2. The average molecular weight is 529 g/mol. The van der Waals surface area contributed by atoms with Crippen molar-refractivity contribution in [3.8, 4) is 11.8 Å². The Morgan fingerprint density at radius 3 is 1.05 bits per heavy atom. The third kappa shape index (κ3) is 15.1. The molecular weight excluding hydrogens is 488 g/mol. The molecule has 0 amide bonds. The highest BCUT2D eigenvalue weighted by molar-refractivity contribution is 5.92. The lowest BCUT2D eigenvalue weighted by molar-refractivity contribution is -0.386. The molecule has 0 unspecified atom stereocenters. The van der Waals surface area contributed by atoms with Gasteiger partial charge in [-0.25, -0.2) is 38.9 Å². The summed E-state index contributed by atoms with van der Waals surface area (Å²) in [5, 5.41) is 0. The number of rotatable bonds is 6. The average Bonchev–Trinajstić information content (AvgIpc) is 2.84. The first-order valence-corrected chi connectivity index (χ1v) is 12.2. The van der Waals surface area contributed by atoms with Gasteiger partial charge in [0.05, 0.1) is 22.3 Å². The lowest BCUT2D eigenvalue weighted by atomic mass is 10.1. The quantitative estimate of drug-likeness (QED) is 0.234. The van der Waals surface area contributed by atoms with Gasteiger partial charge in [0, 0.05) is 0 Å². The van der Waals surface area contributed by atoms with Crippen LogP contribution >= 0.6 is 0 Å². The second kappa shape index (κ2) is 14.1. The first-order chi connectivity index (χ1) is 17.4. The molecule has 2 rings (SSSR count). The van der Waals surface area contributed by atoms with E-state index in [1.807, 2.05) is 69.2 Å². The van der Waals surface area contributed by atoms with Gasteiger partial charge in [-0.3, -0.25) is 0 Å². The maximum Gasteiger partial charge on any atom is 0.386 e. The zero-order valence-corrected chi connectivity index (χ0v) is 24.0. The van der Waals surface area contributed by atoms with Gasteiger partial charge in [-0.1, -0.05) is 48.2 Å². The fourth-order valence-electron chi connectivity index (χ4n) is 2.12. The van der Waals surface area contributed by atoms with Crippen LogP contribution in [0.2, 0.25) is 0 Å². The van der Waals surface area contributed by atoms with Crippen LogP contribution in [0.25, 0.3) is 0 Å². The molecule has 0 bridgehead atoms. The number of hydrogen-bond donors (Lipinski definition) is 0. The molecule has 0 saturated heterocycles. The molecule has 8 nitrogen and oxygen atoms in total. The Labute approximate surface area is 226 Å². The van der Waals surface area contributed by atoms with Crippen molar-refractivity contribution in [3.63, 3.8) is 0 Å². The van der Waals surface area contributed by atoms with Gasteiger partial charge >= 0.3 is 11.9 Å². The molecule has 0 aliphatic heterocycles. The highest BCUT2D eigenvalue weighted by Crippen LogP contribution is 2.18. The summed E-state index contributed by atoms with van der Waals surface area (Å²) < 4.78 is 0. The van der Waals surface area contributed by atoms with E-state index in [9.17, 15) is 9.59 Å². The van der Waals surface area contributed by atoms with Crippen LogP contribution in [0.4, 0.5) is 0 Å². The van der Waals surface area contributed by atoms with E-state index in [0.717, 1.165) is 0 Å². The van der Waals surface area contributed by atoms with Gasteiger partial charge in [0.25, 0.3) is 0 Å². The van der Waals surface area contributed by atoms with Gasteiger partial charge in [-0.15, -0.1) is 0 Å². The van der Waals surface area contributed by atoms with Gasteiger partial charge in [0.2, 0.25) is 0 Å². The van der Waals surface area contributed by atoms with Crippen LogP contribution in [-0.2, 0) is 29.3 Å². The molecule has 0 aliphatic carbocycles. The molecule has 0 spiro atoms. The van der Waals surface area contributed by atoms with Crippen LogP contribution in [-0.4, -0.2) is 34.3 Å². The molecule has 0 fully saturated rings. The van der Waals surface area contributed by atoms with Crippen LogP contribution in [0.5, 0.6) is 0 Å². The molecule has 2 aromatic rings. The normalized spacial score (nSPS) is 11.8. The second-order valence-electron chi connectivity index (χ2n) is 11.3. The molecule has 8 heteroatoms. The Kier molecular flexibility index (Phi) is 12.2. The van der Waals surface area contributed by atoms with E-state index in [2.05, 4.69) is 21.6 Å². The predicted molar refractivity (Wildman–Crippen MR) is 143 cm³/mol. The van der Waals surface area contributed by atoms with E-state index in [1.165, 1.54) is 0 Å². The summed E-state index contributed by atoms with van der Waals surface area (Å²) in [7, 11) is 0. The van der Waals surface area contributed by atoms with Gasteiger partial charge < -0.3 is 0 Å². The van der Waals surface area contributed by atoms with Gasteiger partial charge in [0.15, 0.2) is 11.2 Å². The van der Waals surface area contributed by atoms with Gasteiger partial charge in [-0.05, 0) is 93.5 Å². The maximum atomic E-state index is 11.5. The van der Waals surface area contributed by atoms with Crippen molar-refractivity contribution in [1.29, 1.82) is 0 Å². The molecule has 208 valence electrons. The first kappa shape index (κ1) is 32.8. The summed E-state index contributed by atoms with van der Waals surface area (Å²) in [5.41, 5.74) is -1.57. The summed E-state index contributed by atoms with van der Waals surface area (Å²) in [6.45, 7) is 18.9. The smallest absolute Gasteiger partial charge is 0.242 e. The van der Waals surface area contributed by atoms with Crippen LogP contribution in [0.15, 0.2) is 60.7 Å². The zero-order chi connectivity index (χ0) is 29.0. The van der Waals surface area contributed by atoms with Crippen LogP contribution in [0.1, 0.15) is 90.0 Å². The van der Waals surface area contributed by atoms with Crippen LogP contribution < -0.4 is 0 Å². The lowest BCUT2D eigenvalue weighted by Crippen LogP contribution is -2.32. The lowest BCUT2D eigenvalue weighted by Gasteiger charge is -2.26. The molecule has 0 saturated carbocycles. The summed E-state index contributed by atoms with van der Waals surface area (Å²) in [5.74, 6) is 4.59. The SMILES string of the molecule is CC(C)(C)OOC(C)(C)C#CC(C)(C)OOC(C)(C)C.O=C(OOC(=O)c1ccccc1)c1ccccc1. The van der Waals surface area contributed by atoms with Crippen molar-refractivity contribution in [2.45, 2.75) is 91.6 Å². The molecule has 0 N–H and O–H groups in total. The summed E-state index contributed by atoms with van der Waals surface area (Å²) in [4.78, 5) is 53.2. The predicted octanol–water partition coefficient (Wildman–Crippen LogP) is 6.66. The minimum Gasteiger partial charge on any atom is -0.242 e. The van der Waals surface area contributed by atoms with Crippen molar-refractivity contribution in [2.24, 2.45) is 0 Å². The van der Waals surface area contributed by atoms with Crippen molar-refractivity contribution in [3.05, 3.63) is 71.8 Å². The maximum absolute atomic E-state index is 11.5. The number of benzene rings is 2. The summed E-state index contributed by atoms with van der Waals surface area (Å²) in [6.07, 6.45) is 0. The van der Waals surface area contributed by atoms with Crippen LogP contribution in [0, 0.1) is 11.8 Å². The Bertz CT molecular complexity index is 981. The molecule has 38 heavy (non-hydrogen) atoms. The second-order valence-corrected chi connectivity index (χ2v) is 11.3. The Morgan fingerprint density at radius 1 is 0.500 bits per heavy atom. The summed E-state index contributed by atoms with van der Waals surface area (Å²) >= 11 is 0. The molecule has 0 aromatic heterocycles. The highest BCUT2D eigenvalue weighted by Gasteiger charge is 2.25. The van der Waals surface area contributed by atoms with E-state index < -0.39 is 23.1 Å². The van der Waals surface area contributed by atoms with Gasteiger partial charge in [-0.2, -0.15) is 0 Å². The topological polar surface area (TPSA) is 89.5 Å². The number of carbonyl (C=O) groups is 2. The van der Waals surface area contributed by atoms with Crippen molar-refractivity contribution in [1.82, 2.24) is 0 Å². The minimum absolute atomic E-state index is 0.318. The number of carbonyl (C=O) groups excluding carboxylic acids is 2. The van der Waals surface area contributed by atoms with Gasteiger partial charge in [0.1, 0.15) is 0 Å². The third-order valence-electron chi connectivity index (χ3n) is 3.88.